The van der Waals surface area contributed by atoms with E-state index in [1.807, 2.05) is 34.9 Å². The van der Waals surface area contributed by atoms with E-state index in [-0.39, 0.29) is 11.6 Å². The molecule has 6 heteroatoms. The highest BCUT2D eigenvalue weighted by Gasteiger charge is 2.34. The molecular formula is C40H33N3O2S. The molecule has 0 spiro atoms. The summed E-state index contributed by atoms with van der Waals surface area (Å²) in [5.41, 5.74) is 12.3. The van der Waals surface area contributed by atoms with Crippen LogP contribution in [-0.4, -0.2) is 16.2 Å². The number of benzene rings is 4. The van der Waals surface area contributed by atoms with E-state index in [4.69, 9.17) is 9.73 Å². The number of hydrogen-bond acceptors (Lipinski definition) is 4. The third-order valence-corrected chi connectivity index (χ3v) is 10.3. The largest absolute Gasteiger partial charge is 0.496 e. The molecule has 0 N–H and O–H groups in total. The standard InChI is InChI=1S/C40H33N3O2S/c1-25-23-30(26(2)42(25)31-20-17-28(18-21-31)27-11-5-4-6-12-27)24-36-39(44)43-38(33-15-9-10-16-35(33)45-3)34-22-19-29-13-7-8-14-32(29)37(34)41-40(43)46-36/h4-18,20-21,23-24,38H,19,22H2,1-3H3/b36-24-/t38-/m1/s1. The number of aryl methyl sites for hydroxylation is 2. The van der Waals surface area contributed by atoms with E-state index in [1.165, 1.54) is 33.6 Å². The molecule has 6 aromatic rings. The molecule has 2 aromatic heterocycles. The van der Waals surface area contributed by atoms with Crippen molar-refractivity contribution >= 4 is 23.1 Å². The van der Waals surface area contributed by atoms with Gasteiger partial charge in [-0.1, -0.05) is 96.3 Å². The van der Waals surface area contributed by atoms with E-state index >= 15 is 0 Å². The fourth-order valence-corrected chi connectivity index (χ4v) is 8.09. The van der Waals surface area contributed by atoms with Crippen LogP contribution in [0.25, 0.3) is 28.6 Å². The summed E-state index contributed by atoms with van der Waals surface area (Å²) in [5.74, 6) is 0.775. The number of ether oxygens (including phenoxy) is 1. The minimum Gasteiger partial charge on any atom is -0.496 e. The molecule has 0 fully saturated rings. The second-order valence-corrected chi connectivity index (χ2v) is 12.9. The van der Waals surface area contributed by atoms with Crippen LogP contribution in [0.15, 0.2) is 125 Å². The molecule has 8 rings (SSSR count). The predicted molar refractivity (Wildman–Crippen MR) is 186 cm³/mol. The lowest BCUT2D eigenvalue weighted by atomic mass is 9.83. The normalized spacial score (nSPS) is 15.6. The fraction of sp³-hybridized carbons (Fsp3) is 0.150. The summed E-state index contributed by atoms with van der Waals surface area (Å²) in [6.45, 7) is 4.23. The Balaban J connectivity index is 1.26. The molecule has 4 aromatic carbocycles. The first-order valence-corrected chi connectivity index (χ1v) is 16.4. The number of allylic oxidation sites excluding steroid dienone is 1. The highest BCUT2D eigenvalue weighted by Crippen LogP contribution is 2.43. The van der Waals surface area contributed by atoms with Gasteiger partial charge >= 0.3 is 0 Å². The van der Waals surface area contributed by atoms with E-state index in [0.717, 1.165) is 58.1 Å². The fourth-order valence-electron chi connectivity index (χ4n) is 7.10. The summed E-state index contributed by atoms with van der Waals surface area (Å²) >= 11 is 1.46. The van der Waals surface area contributed by atoms with Crippen molar-refractivity contribution in [3.05, 3.63) is 168 Å². The van der Waals surface area contributed by atoms with Crippen molar-refractivity contribution in [2.45, 2.75) is 32.7 Å². The molecule has 0 unspecified atom stereocenters. The lowest BCUT2D eigenvalue weighted by Crippen LogP contribution is -2.39. The second-order valence-electron chi connectivity index (χ2n) is 11.9. The molecule has 2 aliphatic rings. The highest BCUT2D eigenvalue weighted by molar-refractivity contribution is 7.07. The molecule has 46 heavy (non-hydrogen) atoms. The minimum absolute atomic E-state index is 0.0259. The Labute approximate surface area is 271 Å². The van der Waals surface area contributed by atoms with Crippen LogP contribution in [0.3, 0.4) is 0 Å². The van der Waals surface area contributed by atoms with Crippen LogP contribution >= 0.6 is 11.3 Å². The number of fused-ring (bicyclic) bond motifs is 3. The average Bonchev–Trinajstić information content (AvgIpc) is 3.56. The molecule has 1 atom stereocenters. The smallest absolute Gasteiger partial charge is 0.271 e. The zero-order chi connectivity index (χ0) is 31.4. The van der Waals surface area contributed by atoms with Gasteiger partial charge in [0.1, 0.15) is 5.75 Å². The van der Waals surface area contributed by atoms with Crippen molar-refractivity contribution in [1.82, 2.24) is 9.13 Å². The van der Waals surface area contributed by atoms with Crippen molar-refractivity contribution < 1.29 is 4.74 Å². The van der Waals surface area contributed by atoms with Gasteiger partial charge in [-0.05, 0) is 84.9 Å². The number of rotatable bonds is 5. The Morgan fingerprint density at radius 2 is 1.57 bits per heavy atom. The Morgan fingerprint density at radius 1 is 0.848 bits per heavy atom. The molecule has 0 saturated carbocycles. The Hall–Kier alpha value is -5.20. The van der Waals surface area contributed by atoms with Gasteiger partial charge in [0.15, 0.2) is 4.80 Å². The third-order valence-electron chi connectivity index (χ3n) is 9.30. The van der Waals surface area contributed by atoms with E-state index in [2.05, 4.69) is 103 Å². The van der Waals surface area contributed by atoms with Crippen LogP contribution in [-0.2, 0) is 6.42 Å². The van der Waals surface area contributed by atoms with Crippen molar-refractivity contribution in [2.24, 2.45) is 4.99 Å². The summed E-state index contributed by atoms with van der Waals surface area (Å²) in [4.78, 5) is 20.3. The molecule has 3 heterocycles. The van der Waals surface area contributed by atoms with Crippen LogP contribution in [0.2, 0.25) is 0 Å². The number of nitrogens with zero attached hydrogens (tertiary/aromatic N) is 3. The highest BCUT2D eigenvalue weighted by atomic mass is 32.1. The van der Waals surface area contributed by atoms with E-state index in [9.17, 15) is 4.79 Å². The van der Waals surface area contributed by atoms with Crippen LogP contribution in [0, 0.1) is 13.8 Å². The zero-order valence-electron chi connectivity index (χ0n) is 26.0. The second kappa shape index (κ2) is 11.3. The van der Waals surface area contributed by atoms with Gasteiger partial charge in [-0.25, -0.2) is 4.99 Å². The molecule has 1 aliphatic heterocycles. The molecule has 0 saturated heterocycles. The number of methoxy groups -OCH3 is 1. The average molecular weight is 620 g/mol. The van der Waals surface area contributed by atoms with Crippen molar-refractivity contribution in [1.29, 1.82) is 0 Å². The first-order chi connectivity index (χ1) is 22.5. The number of aromatic nitrogens is 2. The molecule has 226 valence electrons. The molecular weight excluding hydrogens is 587 g/mol. The summed E-state index contributed by atoms with van der Waals surface area (Å²) in [6, 6.07) is 37.5. The maximum absolute atomic E-state index is 14.4. The molecule has 0 radical (unpaired) electrons. The Kier molecular flexibility index (Phi) is 6.95. The van der Waals surface area contributed by atoms with Gasteiger partial charge in [0.05, 0.1) is 23.4 Å². The van der Waals surface area contributed by atoms with Gasteiger partial charge in [0.2, 0.25) is 0 Å². The Bertz CT molecular complexity index is 2340. The van der Waals surface area contributed by atoms with Crippen molar-refractivity contribution in [3.8, 4) is 22.6 Å². The van der Waals surface area contributed by atoms with Gasteiger partial charge in [-0.15, -0.1) is 0 Å². The van der Waals surface area contributed by atoms with Crippen LogP contribution < -0.4 is 19.6 Å². The quantitative estimate of drug-likeness (QED) is 0.202. The zero-order valence-corrected chi connectivity index (χ0v) is 26.8. The maximum atomic E-state index is 14.4. The first-order valence-electron chi connectivity index (χ1n) is 15.6. The van der Waals surface area contributed by atoms with Crippen LogP contribution in [0.1, 0.15) is 46.1 Å². The number of thiazole rings is 1. The van der Waals surface area contributed by atoms with Crippen molar-refractivity contribution in [2.75, 3.05) is 7.11 Å². The summed E-state index contributed by atoms with van der Waals surface area (Å²) in [7, 11) is 1.69. The SMILES string of the molecule is COc1ccccc1[C@@H]1C2=C(N=c3s/c(=C\c4cc(C)n(-c5ccc(-c6ccccc6)cc5)c4C)c(=O)n31)c1ccccc1CC2. The van der Waals surface area contributed by atoms with E-state index < -0.39 is 0 Å². The van der Waals surface area contributed by atoms with Gasteiger partial charge < -0.3 is 9.30 Å². The monoisotopic (exact) mass is 619 g/mol. The molecule has 0 bridgehead atoms. The molecule has 1 aliphatic carbocycles. The Morgan fingerprint density at radius 3 is 2.37 bits per heavy atom. The first kappa shape index (κ1) is 28.3. The predicted octanol–water partition coefficient (Wildman–Crippen LogP) is 7.40. The minimum atomic E-state index is -0.284. The lowest BCUT2D eigenvalue weighted by Gasteiger charge is -2.31. The maximum Gasteiger partial charge on any atom is 0.271 e. The van der Waals surface area contributed by atoms with Gasteiger partial charge in [0.25, 0.3) is 5.56 Å². The van der Waals surface area contributed by atoms with Crippen LogP contribution in [0.5, 0.6) is 5.75 Å². The van der Waals surface area contributed by atoms with E-state index in [0.29, 0.717) is 9.33 Å². The summed E-state index contributed by atoms with van der Waals surface area (Å²) < 4.78 is 10.7. The summed E-state index contributed by atoms with van der Waals surface area (Å²) in [5, 5.41) is 0. The van der Waals surface area contributed by atoms with Gasteiger partial charge in [-0.3, -0.25) is 9.36 Å². The number of para-hydroxylation sites is 1. The van der Waals surface area contributed by atoms with Gasteiger partial charge in [-0.2, -0.15) is 0 Å². The molecule has 5 nitrogen and oxygen atoms in total. The third kappa shape index (κ3) is 4.60. The molecule has 0 amide bonds. The van der Waals surface area contributed by atoms with Crippen molar-refractivity contribution in [3.63, 3.8) is 0 Å². The van der Waals surface area contributed by atoms with Crippen LogP contribution in [0.4, 0.5) is 0 Å². The topological polar surface area (TPSA) is 48.5 Å². The number of hydrogen-bond donors (Lipinski definition) is 0. The van der Waals surface area contributed by atoms with Gasteiger partial charge in [0, 0.05) is 28.2 Å². The lowest BCUT2D eigenvalue weighted by molar-refractivity contribution is 0.402. The summed E-state index contributed by atoms with van der Waals surface area (Å²) in [6.07, 6.45) is 3.79. The van der Waals surface area contributed by atoms with E-state index in [1.54, 1.807) is 7.11 Å².